The summed E-state index contributed by atoms with van der Waals surface area (Å²) in [6.07, 6.45) is 5.04. The Kier molecular flexibility index (Phi) is 6.05. The summed E-state index contributed by atoms with van der Waals surface area (Å²) >= 11 is 1.44. The van der Waals surface area contributed by atoms with Crippen LogP contribution in [0.4, 0.5) is 0 Å². The molecule has 0 saturated heterocycles. The molecule has 0 unspecified atom stereocenters. The summed E-state index contributed by atoms with van der Waals surface area (Å²) < 4.78 is 10.9. The van der Waals surface area contributed by atoms with E-state index in [4.69, 9.17) is 4.74 Å². The third-order valence-corrected chi connectivity index (χ3v) is 7.81. The maximum atomic E-state index is 13.3. The van der Waals surface area contributed by atoms with Crippen LogP contribution in [0.5, 0.6) is 5.75 Å². The van der Waals surface area contributed by atoms with Gasteiger partial charge < -0.3 is 9.30 Å². The Labute approximate surface area is 219 Å². The van der Waals surface area contributed by atoms with Crippen molar-refractivity contribution in [1.82, 2.24) is 14.0 Å². The van der Waals surface area contributed by atoms with Gasteiger partial charge in [-0.05, 0) is 60.7 Å². The minimum atomic E-state index is -0.0157. The number of ether oxygens (including phenoxy) is 1. The molecule has 0 aliphatic carbocycles. The Morgan fingerprint density at radius 3 is 2.65 bits per heavy atom. The number of rotatable bonds is 7. The minimum absolute atomic E-state index is 0.0157. The van der Waals surface area contributed by atoms with Crippen LogP contribution >= 0.6 is 11.3 Å². The lowest BCUT2D eigenvalue weighted by molar-refractivity contribution is 0.298. The van der Waals surface area contributed by atoms with E-state index in [1.165, 1.54) is 22.5 Å². The van der Waals surface area contributed by atoms with Crippen molar-refractivity contribution in [3.63, 3.8) is 0 Å². The molecule has 0 radical (unpaired) electrons. The number of aromatic nitrogens is 3. The van der Waals surface area contributed by atoms with Crippen molar-refractivity contribution in [3.05, 3.63) is 105 Å². The summed E-state index contributed by atoms with van der Waals surface area (Å²) in [7, 11) is 0. The highest BCUT2D eigenvalue weighted by Crippen LogP contribution is 2.28. The number of hydrogen-bond donors (Lipinski definition) is 0. The number of benzene rings is 3. The van der Waals surface area contributed by atoms with Crippen LogP contribution in [0.1, 0.15) is 42.9 Å². The number of para-hydroxylation sites is 3. The fourth-order valence-corrected chi connectivity index (χ4v) is 5.97. The van der Waals surface area contributed by atoms with Crippen molar-refractivity contribution in [2.45, 2.75) is 39.7 Å². The van der Waals surface area contributed by atoms with Crippen molar-refractivity contribution >= 4 is 44.3 Å². The Hall–Kier alpha value is -3.90. The van der Waals surface area contributed by atoms with Crippen LogP contribution in [-0.4, -0.2) is 20.6 Å². The van der Waals surface area contributed by atoms with Crippen LogP contribution < -0.4 is 14.8 Å². The molecule has 37 heavy (non-hydrogen) atoms. The highest BCUT2D eigenvalue weighted by molar-refractivity contribution is 7.15. The first kappa shape index (κ1) is 23.5. The smallest absolute Gasteiger partial charge is 0.274 e. The lowest BCUT2D eigenvalue weighted by atomic mass is 10.0. The van der Waals surface area contributed by atoms with Crippen LogP contribution in [0.2, 0.25) is 0 Å². The van der Waals surface area contributed by atoms with E-state index >= 15 is 0 Å². The molecule has 0 atom stereocenters. The van der Waals surface area contributed by atoms with Crippen LogP contribution in [0.15, 0.2) is 77.7 Å². The molecule has 0 aliphatic heterocycles. The van der Waals surface area contributed by atoms with Gasteiger partial charge in [0.1, 0.15) is 5.75 Å². The minimum Gasteiger partial charge on any atom is -0.493 e. The van der Waals surface area contributed by atoms with Crippen molar-refractivity contribution in [1.29, 1.82) is 0 Å². The predicted molar refractivity (Wildman–Crippen MR) is 153 cm³/mol. The second-order valence-corrected chi connectivity index (χ2v) is 10.8. The molecule has 0 amide bonds. The van der Waals surface area contributed by atoms with Gasteiger partial charge in [0.25, 0.3) is 5.56 Å². The first-order valence-electron chi connectivity index (χ1n) is 12.7. The lowest BCUT2D eigenvalue weighted by Crippen LogP contribution is -2.22. The number of aryl methyl sites for hydroxylation is 2. The number of nitrogens with zero attached hydrogens (tertiary/aromatic N) is 3. The van der Waals surface area contributed by atoms with Crippen molar-refractivity contribution < 1.29 is 4.74 Å². The van der Waals surface area contributed by atoms with Gasteiger partial charge in [0.05, 0.1) is 22.2 Å². The fraction of sp³-hybridized carbons (Fsp3) is 0.226. The Balaban J connectivity index is 1.28. The molecular weight excluding hydrogens is 478 g/mol. The van der Waals surface area contributed by atoms with Crippen molar-refractivity contribution in [2.75, 3.05) is 6.61 Å². The van der Waals surface area contributed by atoms with E-state index in [0.717, 1.165) is 51.2 Å². The third-order valence-electron chi connectivity index (χ3n) is 6.84. The molecule has 3 heterocycles. The zero-order valence-electron chi connectivity index (χ0n) is 21.3. The maximum Gasteiger partial charge on any atom is 0.274 e. The summed E-state index contributed by atoms with van der Waals surface area (Å²) in [6.45, 7) is 7.97. The van der Waals surface area contributed by atoms with Gasteiger partial charge in [0, 0.05) is 29.2 Å². The zero-order chi connectivity index (χ0) is 25.5. The van der Waals surface area contributed by atoms with E-state index < -0.39 is 0 Å². The van der Waals surface area contributed by atoms with Gasteiger partial charge in [-0.15, -0.1) is 0 Å². The molecule has 6 heteroatoms. The van der Waals surface area contributed by atoms with Crippen molar-refractivity contribution in [2.24, 2.45) is 0 Å². The van der Waals surface area contributed by atoms with Crippen LogP contribution in [0, 0.1) is 6.92 Å². The van der Waals surface area contributed by atoms with Crippen molar-refractivity contribution in [3.8, 4) is 5.75 Å². The Morgan fingerprint density at radius 2 is 1.81 bits per heavy atom. The molecule has 0 aliphatic rings. The number of imidazole rings is 1. The summed E-state index contributed by atoms with van der Waals surface area (Å²) in [4.78, 5) is 18.7. The Morgan fingerprint density at radius 1 is 1.03 bits per heavy atom. The predicted octanol–water partition coefficient (Wildman–Crippen LogP) is 6.31. The summed E-state index contributed by atoms with van der Waals surface area (Å²) in [5.74, 6) is 1.41. The van der Waals surface area contributed by atoms with E-state index in [-0.39, 0.29) is 5.56 Å². The SMILES string of the molecule is Cc1ccc(C(C)C)c(OCCCn2cc(/C=c3\sc4nc5ccccc5n4c3=O)c3ccccc32)c1. The van der Waals surface area contributed by atoms with E-state index in [9.17, 15) is 4.79 Å². The van der Waals surface area contributed by atoms with Gasteiger partial charge in [-0.25, -0.2) is 9.38 Å². The molecular formula is C31H29N3O2S. The summed E-state index contributed by atoms with van der Waals surface area (Å²) in [5.41, 5.74) is 6.35. The highest BCUT2D eigenvalue weighted by atomic mass is 32.1. The molecule has 0 bridgehead atoms. The standard InChI is InChI=1S/C31H29N3O2S/c1-20(2)23-14-13-21(3)17-28(23)36-16-8-15-33-19-22(24-9-4-6-11-26(24)33)18-29-30(35)34-27-12-7-5-10-25(27)32-31(34)37-29/h4-7,9-14,17-20H,8,15-16H2,1-3H3/b29-18-. The summed E-state index contributed by atoms with van der Waals surface area (Å²) in [5, 5.41) is 1.14. The topological polar surface area (TPSA) is 48.5 Å². The lowest BCUT2D eigenvalue weighted by Gasteiger charge is -2.15. The summed E-state index contributed by atoms with van der Waals surface area (Å²) in [6, 6.07) is 22.6. The van der Waals surface area contributed by atoms with Crippen LogP contribution in [0.3, 0.4) is 0 Å². The van der Waals surface area contributed by atoms with Gasteiger partial charge in [0.15, 0.2) is 4.96 Å². The van der Waals surface area contributed by atoms with Gasteiger partial charge in [-0.3, -0.25) is 4.79 Å². The monoisotopic (exact) mass is 507 g/mol. The van der Waals surface area contributed by atoms with E-state index in [1.807, 2.05) is 36.4 Å². The average molecular weight is 508 g/mol. The Bertz CT molecular complexity index is 1860. The van der Waals surface area contributed by atoms with Gasteiger partial charge >= 0.3 is 0 Å². The first-order valence-corrected chi connectivity index (χ1v) is 13.5. The van der Waals surface area contributed by atoms with Crippen LogP contribution in [0.25, 0.3) is 33.0 Å². The molecule has 0 fully saturated rings. The number of thiazole rings is 1. The molecule has 5 nitrogen and oxygen atoms in total. The molecule has 0 saturated carbocycles. The highest BCUT2D eigenvalue weighted by Gasteiger charge is 2.13. The average Bonchev–Trinajstić information content (AvgIpc) is 3.53. The quantitative estimate of drug-likeness (QED) is 0.238. The number of hydrogen-bond acceptors (Lipinski definition) is 4. The zero-order valence-corrected chi connectivity index (χ0v) is 22.1. The molecule has 0 N–H and O–H groups in total. The second kappa shape index (κ2) is 9.52. The largest absolute Gasteiger partial charge is 0.493 e. The second-order valence-electron chi connectivity index (χ2n) is 9.83. The first-order chi connectivity index (χ1) is 18.0. The molecule has 0 spiro atoms. The van der Waals surface area contributed by atoms with E-state index in [2.05, 4.69) is 72.9 Å². The molecule has 186 valence electrons. The van der Waals surface area contributed by atoms with E-state index in [0.29, 0.717) is 17.1 Å². The molecule has 6 aromatic rings. The van der Waals surface area contributed by atoms with Crippen LogP contribution in [-0.2, 0) is 6.54 Å². The van der Waals surface area contributed by atoms with Gasteiger partial charge in [0.2, 0.25) is 0 Å². The normalized spacial score (nSPS) is 12.5. The third kappa shape index (κ3) is 4.31. The van der Waals surface area contributed by atoms with Gasteiger partial charge in [-0.1, -0.05) is 67.6 Å². The molecule has 3 aromatic carbocycles. The van der Waals surface area contributed by atoms with E-state index in [1.54, 1.807) is 4.40 Å². The maximum absolute atomic E-state index is 13.3. The molecule has 6 rings (SSSR count). The fourth-order valence-electron chi connectivity index (χ4n) is 4.99. The van der Waals surface area contributed by atoms with Gasteiger partial charge in [-0.2, -0.15) is 0 Å². The molecule has 3 aromatic heterocycles. The number of fused-ring (bicyclic) bond motifs is 4.